The average Bonchev–Trinajstić information content (AvgIpc) is 2.29. The summed E-state index contributed by atoms with van der Waals surface area (Å²) in [7, 11) is 1.63. The number of methoxy groups -OCH3 is 1. The molecule has 2 N–H and O–H groups in total. The molecule has 4 nitrogen and oxygen atoms in total. The highest BCUT2D eigenvalue weighted by Gasteiger charge is 2.10. The fraction of sp³-hybridized carbons (Fsp3) is 0.500. The van der Waals surface area contributed by atoms with Crippen LogP contribution in [0.4, 0.5) is 0 Å². The van der Waals surface area contributed by atoms with Gasteiger partial charge >= 0.3 is 0 Å². The van der Waals surface area contributed by atoms with Crippen molar-refractivity contribution < 1.29 is 14.3 Å². The number of rotatable bonds is 6. The third-order valence-electron chi connectivity index (χ3n) is 2.40. The molecule has 0 aliphatic rings. The number of benzene rings is 1. The van der Waals surface area contributed by atoms with Crippen molar-refractivity contribution >= 4 is 0 Å². The highest BCUT2D eigenvalue weighted by Crippen LogP contribution is 2.30. The maximum atomic E-state index is 5.50. The molecule has 0 aliphatic carbocycles. The Balaban J connectivity index is 2.91. The molecular formula is C12H19NO3. The first-order valence-electron chi connectivity index (χ1n) is 5.35. The van der Waals surface area contributed by atoms with Gasteiger partial charge in [-0.3, -0.25) is 0 Å². The monoisotopic (exact) mass is 225 g/mol. The molecule has 0 spiro atoms. The van der Waals surface area contributed by atoms with Crippen LogP contribution in [-0.2, 0) is 4.84 Å². The zero-order valence-corrected chi connectivity index (χ0v) is 10.0. The van der Waals surface area contributed by atoms with Gasteiger partial charge in [0, 0.05) is 5.92 Å². The predicted octanol–water partition coefficient (Wildman–Crippen LogP) is 2.09. The average molecular weight is 225 g/mol. The summed E-state index contributed by atoms with van der Waals surface area (Å²) in [4.78, 5) is 4.64. The molecule has 1 aromatic rings. The van der Waals surface area contributed by atoms with Gasteiger partial charge in [0.25, 0.3) is 0 Å². The molecule has 4 heteroatoms. The number of ether oxygens (including phenoxy) is 2. The van der Waals surface area contributed by atoms with Gasteiger partial charge in [-0.15, -0.1) is 0 Å². The Labute approximate surface area is 96.3 Å². The minimum atomic E-state index is 0.232. The van der Waals surface area contributed by atoms with E-state index in [-0.39, 0.29) is 5.92 Å². The summed E-state index contributed by atoms with van der Waals surface area (Å²) < 4.78 is 10.7. The fourth-order valence-corrected chi connectivity index (χ4v) is 1.51. The van der Waals surface area contributed by atoms with Crippen molar-refractivity contribution in [1.82, 2.24) is 0 Å². The van der Waals surface area contributed by atoms with Crippen molar-refractivity contribution in [3.05, 3.63) is 23.8 Å². The van der Waals surface area contributed by atoms with Gasteiger partial charge in [0.2, 0.25) is 0 Å². The lowest BCUT2D eigenvalue weighted by atomic mass is 10.0. The molecule has 0 fully saturated rings. The van der Waals surface area contributed by atoms with Gasteiger partial charge in [-0.2, -0.15) is 0 Å². The Morgan fingerprint density at radius 2 is 2.06 bits per heavy atom. The number of nitrogens with two attached hydrogens (primary N) is 1. The summed E-state index contributed by atoms with van der Waals surface area (Å²) in [6, 6.07) is 5.85. The third kappa shape index (κ3) is 3.12. The standard InChI is InChI=1S/C12H19NO3/c1-4-15-12-7-10(9(2)8-16-13)5-6-11(12)14-3/h5-7,9H,4,8,13H2,1-3H3. The van der Waals surface area contributed by atoms with Crippen LogP contribution in [0.3, 0.4) is 0 Å². The van der Waals surface area contributed by atoms with E-state index >= 15 is 0 Å². The second-order valence-electron chi connectivity index (χ2n) is 3.58. The van der Waals surface area contributed by atoms with E-state index < -0.39 is 0 Å². The van der Waals surface area contributed by atoms with Gasteiger partial charge in [0.05, 0.1) is 20.3 Å². The first-order chi connectivity index (χ1) is 7.72. The van der Waals surface area contributed by atoms with E-state index in [1.165, 1.54) is 0 Å². The molecule has 0 aromatic heterocycles. The Bertz CT molecular complexity index is 328. The van der Waals surface area contributed by atoms with E-state index in [9.17, 15) is 0 Å². The Hall–Kier alpha value is -1.26. The van der Waals surface area contributed by atoms with Crippen molar-refractivity contribution in [1.29, 1.82) is 0 Å². The molecule has 1 unspecified atom stereocenters. The van der Waals surface area contributed by atoms with Crippen LogP contribution in [0.1, 0.15) is 25.3 Å². The Kier molecular flexibility index (Phi) is 5.08. The second-order valence-corrected chi connectivity index (χ2v) is 3.58. The summed E-state index contributed by atoms with van der Waals surface area (Å²) >= 11 is 0. The maximum Gasteiger partial charge on any atom is 0.161 e. The van der Waals surface area contributed by atoms with Crippen LogP contribution >= 0.6 is 0 Å². The van der Waals surface area contributed by atoms with Crippen molar-refractivity contribution in [2.75, 3.05) is 20.3 Å². The van der Waals surface area contributed by atoms with Gasteiger partial charge in [-0.25, -0.2) is 5.90 Å². The highest BCUT2D eigenvalue weighted by atomic mass is 16.6. The SMILES string of the molecule is CCOc1cc(C(C)CON)ccc1OC. The summed E-state index contributed by atoms with van der Waals surface area (Å²) in [5.41, 5.74) is 1.12. The van der Waals surface area contributed by atoms with E-state index in [1.54, 1.807) is 7.11 Å². The number of hydrogen-bond acceptors (Lipinski definition) is 4. The molecule has 1 rings (SSSR count). The Morgan fingerprint density at radius 3 is 2.62 bits per heavy atom. The first-order valence-corrected chi connectivity index (χ1v) is 5.35. The zero-order chi connectivity index (χ0) is 12.0. The zero-order valence-electron chi connectivity index (χ0n) is 10.0. The van der Waals surface area contributed by atoms with Crippen molar-refractivity contribution in [2.24, 2.45) is 5.90 Å². The van der Waals surface area contributed by atoms with E-state index in [0.717, 1.165) is 17.1 Å². The summed E-state index contributed by atoms with van der Waals surface area (Å²) in [6.07, 6.45) is 0. The van der Waals surface area contributed by atoms with Gasteiger partial charge in [0.1, 0.15) is 0 Å². The smallest absolute Gasteiger partial charge is 0.161 e. The summed E-state index contributed by atoms with van der Waals surface area (Å²) in [5.74, 6) is 6.79. The van der Waals surface area contributed by atoms with Crippen LogP contribution in [0.25, 0.3) is 0 Å². The Morgan fingerprint density at radius 1 is 1.31 bits per heavy atom. The maximum absolute atomic E-state index is 5.50. The van der Waals surface area contributed by atoms with Crippen LogP contribution in [0.2, 0.25) is 0 Å². The molecule has 90 valence electrons. The molecule has 1 atom stereocenters. The first kappa shape index (κ1) is 12.8. The minimum Gasteiger partial charge on any atom is -0.493 e. The van der Waals surface area contributed by atoms with E-state index in [4.69, 9.17) is 15.4 Å². The summed E-state index contributed by atoms with van der Waals surface area (Å²) in [6.45, 7) is 5.09. The molecule has 0 bridgehead atoms. The quantitative estimate of drug-likeness (QED) is 0.753. The van der Waals surface area contributed by atoms with Crippen molar-refractivity contribution in [3.63, 3.8) is 0 Å². The van der Waals surface area contributed by atoms with Crippen molar-refractivity contribution in [3.8, 4) is 11.5 Å². The van der Waals surface area contributed by atoms with E-state index in [1.807, 2.05) is 32.0 Å². The lowest BCUT2D eigenvalue weighted by molar-refractivity contribution is 0.126. The molecule has 0 aliphatic heterocycles. The van der Waals surface area contributed by atoms with Crippen LogP contribution in [-0.4, -0.2) is 20.3 Å². The van der Waals surface area contributed by atoms with Crippen LogP contribution in [0, 0.1) is 0 Å². The van der Waals surface area contributed by atoms with Crippen LogP contribution in [0.5, 0.6) is 11.5 Å². The fourth-order valence-electron chi connectivity index (χ4n) is 1.51. The molecule has 0 heterocycles. The highest BCUT2D eigenvalue weighted by molar-refractivity contribution is 5.43. The van der Waals surface area contributed by atoms with Gasteiger partial charge < -0.3 is 14.3 Å². The second kappa shape index (κ2) is 6.35. The van der Waals surface area contributed by atoms with Gasteiger partial charge in [0.15, 0.2) is 11.5 Å². The lowest BCUT2D eigenvalue weighted by Gasteiger charge is -2.14. The van der Waals surface area contributed by atoms with Gasteiger partial charge in [-0.05, 0) is 24.6 Å². The van der Waals surface area contributed by atoms with E-state index in [0.29, 0.717) is 13.2 Å². The lowest BCUT2D eigenvalue weighted by Crippen LogP contribution is -2.08. The predicted molar refractivity (Wildman–Crippen MR) is 62.7 cm³/mol. The molecule has 0 amide bonds. The van der Waals surface area contributed by atoms with Gasteiger partial charge in [-0.1, -0.05) is 13.0 Å². The summed E-state index contributed by atoms with van der Waals surface area (Å²) in [5, 5.41) is 0. The molecule has 0 saturated heterocycles. The van der Waals surface area contributed by atoms with Crippen LogP contribution < -0.4 is 15.4 Å². The topological polar surface area (TPSA) is 53.7 Å². The molecule has 1 aromatic carbocycles. The molecular weight excluding hydrogens is 206 g/mol. The molecule has 0 saturated carbocycles. The molecule has 0 radical (unpaired) electrons. The van der Waals surface area contributed by atoms with E-state index in [2.05, 4.69) is 4.84 Å². The molecule has 16 heavy (non-hydrogen) atoms. The van der Waals surface area contributed by atoms with Crippen molar-refractivity contribution in [2.45, 2.75) is 19.8 Å². The minimum absolute atomic E-state index is 0.232. The van der Waals surface area contributed by atoms with Crippen LogP contribution in [0.15, 0.2) is 18.2 Å². The largest absolute Gasteiger partial charge is 0.493 e. The normalized spacial score (nSPS) is 12.2. The number of hydrogen-bond donors (Lipinski definition) is 1. The third-order valence-corrected chi connectivity index (χ3v) is 2.40.